The van der Waals surface area contributed by atoms with Crippen LogP contribution in [0.3, 0.4) is 0 Å². The molecule has 2 heterocycles. The fourth-order valence-corrected chi connectivity index (χ4v) is 5.45. The molecule has 1 aliphatic heterocycles. The summed E-state index contributed by atoms with van der Waals surface area (Å²) in [7, 11) is -2.53. The van der Waals surface area contributed by atoms with Crippen LogP contribution in [-0.2, 0) is 26.0 Å². The van der Waals surface area contributed by atoms with E-state index in [1.54, 1.807) is 12.1 Å². The summed E-state index contributed by atoms with van der Waals surface area (Å²) in [5.41, 5.74) is 2.09. The van der Waals surface area contributed by atoms with Crippen molar-refractivity contribution >= 4 is 54.2 Å². The van der Waals surface area contributed by atoms with Crippen molar-refractivity contribution in [2.24, 2.45) is 0 Å². The largest absolute Gasteiger partial charge is 0.494 e. The molecule has 11 heteroatoms. The molecule has 2 N–H and O–H groups in total. The monoisotopic (exact) mass is 474 g/mol. The summed E-state index contributed by atoms with van der Waals surface area (Å²) in [5.74, 6) is 0.133. The summed E-state index contributed by atoms with van der Waals surface area (Å²) in [5, 5.41) is 5.77. The highest BCUT2D eigenvalue weighted by molar-refractivity contribution is 7.89. The first-order chi connectivity index (χ1) is 15.3. The van der Waals surface area contributed by atoms with Crippen LogP contribution >= 0.6 is 11.3 Å². The molecular formula is C21H22N4O5S2. The number of carbonyl (C=O) groups is 2. The molecule has 1 aliphatic rings. The predicted molar refractivity (Wildman–Crippen MR) is 123 cm³/mol. The van der Waals surface area contributed by atoms with Gasteiger partial charge in [0, 0.05) is 19.2 Å². The van der Waals surface area contributed by atoms with E-state index in [1.807, 2.05) is 25.1 Å². The predicted octanol–water partition coefficient (Wildman–Crippen LogP) is 2.84. The van der Waals surface area contributed by atoms with Gasteiger partial charge in [-0.05, 0) is 55.3 Å². The molecule has 0 saturated heterocycles. The van der Waals surface area contributed by atoms with Gasteiger partial charge in [0.05, 0.1) is 28.3 Å². The number of thiazole rings is 1. The summed E-state index contributed by atoms with van der Waals surface area (Å²) in [6, 6.07) is 10.0. The van der Waals surface area contributed by atoms with Gasteiger partial charge in [-0.1, -0.05) is 11.3 Å². The van der Waals surface area contributed by atoms with Gasteiger partial charge in [0.25, 0.3) is 0 Å². The highest BCUT2D eigenvalue weighted by atomic mass is 32.2. The van der Waals surface area contributed by atoms with Crippen LogP contribution in [0.1, 0.15) is 18.9 Å². The Kier molecular flexibility index (Phi) is 6.13. The van der Waals surface area contributed by atoms with Crippen molar-refractivity contribution in [3.8, 4) is 5.75 Å². The average Bonchev–Trinajstić information content (AvgIpc) is 3.14. The molecule has 9 nitrogen and oxygen atoms in total. The number of anilines is 2. The fraction of sp³-hybridized carbons (Fsp3) is 0.286. The second kappa shape index (κ2) is 8.85. The maximum Gasteiger partial charge on any atom is 0.243 e. The molecule has 0 fully saturated rings. The van der Waals surface area contributed by atoms with E-state index in [2.05, 4.69) is 15.6 Å². The Morgan fingerprint density at radius 2 is 2.06 bits per heavy atom. The molecule has 0 saturated carbocycles. The first kappa shape index (κ1) is 22.2. The molecular weight excluding hydrogens is 452 g/mol. The van der Waals surface area contributed by atoms with Gasteiger partial charge in [0.2, 0.25) is 21.8 Å². The minimum absolute atomic E-state index is 0.0751. The van der Waals surface area contributed by atoms with Crippen LogP contribution in [0.25, 0.3) is 10.2 Å². The van der Waals surface area contributed by atoms with E-state index in [-0.39, 0.29) is 17.3 Å². The number of fused-ring (bicyclic) bond motifs is 2. The maximum atomic E-state index is 12.9. The molecule has 4 rings (SSSR count). The number of aromatic nitrogens is 1. The second-order valence-corrected chi connectivity index (χ2v) is 10.3. The molecule has 168 valence electrons. The number of hydrogen-bond donors (Lipinski definition) is 2. The Balaban J connectivity index is 1.45. The third-order valence-electron chi connectivity index (χ3n) is 4.96. The third kappa shape index (κ3) is 4.59. The highest BCUT2D eigenvalue weighted by Gasteiger charge is 2.25. The highest BCUT2D eigenvalue weighted by Crippen LogP contribution is 2.30. The van der Waals surface area contributed by atoms with Crippen molar-refractivity contribution in [3.05, 3.63) is 42.0 Å². The minimum atomic E-state index is -3.88. The van der Waals surface area contributed by atoms with Gasteiger partial charge in [0.1, 0.15) is 5.75 Å². The zero-order valence-corrected chi connectivity index (χ0v) is 19.2. The quantitative estimate of drug-likeness (QED) is 0.544. The molecule has 32 heavy (non-hydrogen) atoms. The van der Waals surface area contributed by atoms with Crippen LogP contribution in [0, 0.1) is 0 Å². The second-order valence-electron chi connectivity index (χ2n) is 7.26. The lowest BCUT2D eigenvalue weighted by Crippen LogP contribution is -2.35. The van der Waals surface area contributed by atoms with Gasteiger partial charge < -0.3 is 15.4 Å². The van der Waals surface area contributed by atoms with E-state index in [9.17, 15) is 18.0 Å². The van der Waals surface area contributed by atoms with Crippen LogP contribution in [0.4, 0.5) is 10.8 Å². The zero-order valence-electron chi connectivity index (χ0n) is 17.5. The molecule has 0 aliphatic carbocycles. The molecule has 0 bridgehead atoms. The molecule has 0 spiro atoms. The molecule has 2 amide bonds. The Morgan fingerprint density at radius 1 is 1.25 bits per heavy atom. The smallest absolute Gasteiger partial charge is 0.243 e. The summed E-state index contributed by atoms with van der Waals surface area (Å²) < 4.78 is 33.2. The van der Waals surface area contributed by atoms with Crippen LogP contribution in [0.2, 0.25) is 0 Å². The van der Waals surface area contributed by atoms with Crippen molar-refractivity contribution in [2.45, 2.75) is 24.7 Å². The van der Waals surface area contributed by atoms with E-state index in [1.165, 1.54) is 24.5 Å². The van der Waals surface area contributed by atoms with Gasteiger partial charge in [-0.15, -0.1) is 0 Å². The zero-order chi connectivity index (χ0) is 22.9. The number of nitrogens with one attached hydrogen (secondary N) is 2. The van der Waals surface area contributed by atoms with E-state index in [0.717, 1.165) is 25.8 Å². The number of rotatable bonds is 7. The van der Waals surface area contributed by atoms with Crippen LogP contribution in [0.15, 0.2) is 41.3 Å². The summed E-state index contributed by atoms with van der Waals surface area (Å²) in [6.45, 7) is 2.08. The van der Waals surface area contributed by atoms with Crippen molar-refractivity contribution in [3.63, 3.8) is 0 Å². The van der Waals surface area contributed by atoms with Gasteiger partial charge in [-0.25, -0.2) is 13.4 Å². The Bertz CT molecular complexity index is 1300. The molecule has 0 radical (unpaired) electrons. The first-order valence-corrected chi connectivity index (χ1v) is 12.2. The van der Waals surface area contributed by atoms with Crippen molar-refractivity contribution in [2.75, 3.05) is 30.8 Å². The van der Waals surface area contributed by atoms with Gasteiger partial charge in [0.15, 0.2) is 5.13 Å². The number of likely N-dealkylation sites (N-methyl/N-ethyl adjacent to an activating group) is 1. The number of sulfonamides is 1. The molecule has 0 atom stereocenters. The van der Waals surface area contributed by atoms with E-state index < -0.39 is 15.9 Å². The van der Waals surface area contributed by atoms with Crippen molar-refractivity contribution < 1.29 is 22.7 Å². The lowest BCUT2D eigenvalue weighted by molar-refractivity contribution is -0.117. The number of benzene rings is 2. The van der Waals surface area contributed by atoms with E-state index in [4.69, 9.17) is 4.74 Å². The topological polar surface area (TPSA) is 118 Å². The standard InChI is InChI=1S/C21H22N4O5S2/c1-3-30-14-5-7-17-18(11-14)31-21(23-17)24-20(27)12-25(2)32(28,29)15-6-8-16-13(10-15)4-9-19(26)22-16/h5-8,10-11H,3-4,9,12H2,1-2H3,(H,22,26)(H,23,24,27). The van der Waals surface area contributed by atoms with Gasteiger partial charge in [-0.2, -0.15) is 4.31 Å². The minimum Gasteiger partial charge on any atom is -0.494 e. The number of nitrogens with zero attached hydrogens (tertiary/aromatic N) is 2. The molecule has 1 aromatic heterocycles. The summed E-state index contributed by atoms with van der Waals surface area (Å²) >= 11 is 1.29. The van der Waals surface area contributed by atoms with Crippen molar-refractivity contribution in [1.29, 1.82) is 0 Å². The third-order valence-corrected chi connectivity index (χ3v) is 7.70. The molecule has 3 aromatic rings. The number of aryl methyl sites for hydroxylation is 1. The fourth-order valence-electron chi connectivity index (χ4n) is 3.36. The molecule has 2 aromatic carbocycles. The van der Waals surface area contributed by atoms with Gasteiger partial charge >= 0.3 is 0 Å². The Labute approximate surface area is 189 Å². The van der Waals surface area contributed by atoms with Crippen molar-refractivity contribution in [1.82, 2.24) is 9.29 Å². The summed E-state index contributed by atoms with van der Waals surface area (Å²) in [4.78, 5) is 28.4. The SMILES string of the molecule is CCOc1ccc2nc(NC(=O)CN(C)S(=O)(=O)c3ccc4c(c3)CCC(=O)N4)sc2c1. The number of hydrogen-bond acceptors (Lipinski definition) is 7. The van der Waals surface area contributed by atoms with E-state index >= 15 is 0 Å². The lowest BCUT2D eigenvalue weighted by atomic mass is 10.0. The number of carbonyl (C=O) groups excluding carboxylic acids is 2. The van der Waals surface area contributed by atoms with Crippen LogP contribution < -0.4 is 15.4 Å². The summed E-state index contributed by atoms with van der Waals surface area (Å²) in [6.07, 6.45) is 0.778. The Hall–Kier alpha value is -3.02. The number of ether oxygens (including phenoxy) is 1. The Morgan fingerprint density at radius 3 is 2.84 bits per heavy atom. The average molecular weight is 475 g/mol. The lowest BCUT2D eigenvalue weighted by Gasteiger charge is -2.20. The van der Waals surface area contributed by atoms with Crippen LogP contribution in [0.5, 0.6) is 5.75 Å². The maximum absolute atomic E-state index is 12.9. The van der Waals surface area contributed by atoms with E-state index in [0.29, 0.717) is 30.3 Å². The normalized spacial score (nSPS) is 13.7. The van der Waals surface area contributed by atoms with Gasteiger partial charge in [-0.3, -0.25) is 9.59 Å². The first-order valence-electron chi connectivity index (χ1n) is 9.98. The molecule has 0 unspecified atom stereocenters. The number of amides is 2. The van der Waals surface area contributed by atoms with Crippen LogP contribution in [-0.4, -0.2) is 49.7 Å².